The number of aliphatic carboxylic acids is 1. The molecule has 22 heavy (non-hydrogen) atoms. The fourth-order valence-electron chi connectivity index (χ4n) is 2.59. The van der Waals surface area contributed by atoms with Crippen LogP contribution in [-0.4, -0.2) is 55.3 Å². The number of quaternary nitrogens is 1. The van der Waals surface area contributed by atoms with Gasteiger partial charge in [-0.15, -0.1) is 0 Å². The molecule has 0 aromatic heterocycles. The molecule has 2 unspecified atom stereocenters. The third kappa shape index (κ3) is 12.6. The van der Waals surface area contributed by atoms with Crippen LogP contribution in [0.15, 0.2) is 0 Å². The minimum absolute atomic E-state index is 0.130. The van der Waals surface area contributed by atoms with Gasteiger partial charge in [0.25, 0.3) is 0 Å². The van der Waals surface area contributed by atoms with Gasteiger partial charge in [0.05, 0.1) is 27.6 Å². The molecule has 0 fully saturated rings. The van der Waals surface area contributed by atoms with Crippen LogP contribution in [0.3, 0.4) is 0 Å². The van der Waals surface area contributed by atoms with Crippen LogP contribution >= 0.6 is 0 Å². The Morgan fingerprint density at radius 2 is 1.77 bits per heavy atom. The third-order valence-electron chi connectivity index (χ3n) is 3.56. The summed E-state index contributed by atoms with van der Waals surface area (Å²) in [7, 11) is 5.87. The van der Waals surface area contributed by atoms with Crippen molar-refractivity contribution in [1.29, 1.82) is 0 Å². The maximum atomic E-state index is 11.9. The van der Waals surface area contributed by atoms with Gasteiger partial charge in [-0.25, -0.2) is 0 Å². The van der Waals surface area contributed by atoms with Crippen molar-refractivity contribution in [3.63, 3.8) is 0 Å². The first kappa shape index (κ1) is 20.9. The smallest absolute Gasteiger partial charge is 0.307 e. The SMILES string of the molecule is CCCC(C)CCCCC(=O)OC(CC(=O)O)C[N+](C)(C)C. The number of hydrogen-bond donors (Lipinski definition) is 1. The van der Waals surface area contributed by atoms with Gasteiger partial charge in [-0.2, -0.15) is 0 Å². The van der Waals surface area contributed by atoms with Crippen molar-refractivity contribution in [2.24, 2.45) is 5.92 Å². The van der Waals surface area contributed by atoms with E-state index in [1.54, 1.807) is 0 Å². The lowest BCUT2D eigenvalue weighted by Crippen LogP contribution is -2.43. The second kappa shape index (κ2) is 10.6. The maximum absolute atomic E-state index is 11.9. The molecule has 130 valence electrons. The number of carbonyl (C=O) groups excluding carboxylic acids is 1. The summed E-state index contributed by atoms with van der Waals surface area (Å²) in [5.74, 6) is -0.499. The Bertz CT molecular complexity index is 336. The molecule has 0 aromatic rings. The molecule has 1 N–H and O–H groups in total. The lowest BCUT2D eigenvalue weighted by atomic mass is 9.99. The second-order valence-electron chi connectivity index (χ2n) is 7.32. The first-order valence-corrected chi connectivity index (χ1v) is 8.35. The third-order valence-corrected chi connectivity index (χ3v) is 3.56. The number of carbonyl (C=O) groups is 2. The van der Waals surface area contributed by atoms with Gasteiger partial charge < -0.3 is 14.3 Å². The van der Waals surface area contributed by atoms with Crippen molar-refractivity contribution >= 4 is 11.9 Å². The Morgan fingerprint density at radius 3 is 2.27 bits per heavy atom. The number of ether oxygens (including phenoxy) is 1. The fraction of sp³-hybridized carbons (Fsp3) is 0.882. The summed E-state index contributed by atoms with van der Waals surface area (Å²) in [6.45, 7) is 4.93. The normalized spacial score (nSPS) is 14.4. The molecular weight excluding hydrogens is 282 g/mol. The fourth-order valence-corrected chi connectivity index (χ4v) is 2.59. The predicted octanol–water partition coefficient (Wildman–Crippen LogP) is 3.08. The summed E-state index contributed by atoms with van der Waals surface area (Å²) in [6, 6.07) is 0. The summed E-state index contributed by atoms with van der Waals surface area (Å²) in [5.41, 5.74) is 0. The zero-order valence-electron chi connectivity index (χ0n) is 14.9. The van der Waals surface area contributed by atoms with Gasteiger partial charge in [0, 0.05) is 6.42 Å². The highest BCUT2D eigenvalue weighted by Crippen LogP contribution is 2.15. The number of nitrogens with zero attached hydrogens (tertiary/aromatic N) is 1. The van der Waals surface area contributed by atoms with E-state index < -0.39 is 12.1 Å². The molecule has 0 spiro atoms. The molecule has 0 saturated heterocycles. The Hall–Kier alpha value is -1.10. The molecule has 0 amide bonds. The number of likely N-dealkylation sites (N-methyl/N-ethyl adjacent to an activating group) is 1. The zero-order valence-corrected chi connectivity index (χ0v) is 14.9. The van der Waals surface area contributed by atoms with Crippen molar-refractivity contribution in [2.45, 2.75) is 64.9 Å². The van der Waals surface area contributed by atoms with Crippen molar-refractivity contribution in [1.82, 2.24) is 0 Å². The quantitative estimate of drug-likeness (QED) is 0.341. The van der Waals surface area contributed by atoms with Crippen LogP contribution < -0.4 is 0 Å². The van der Waals surface area contributed by atoms with Crippen LogP contribution in [0.25, 0.3) is 0 Å². The number of rotatable bonds is 12. The van der Waals surface area contributed by atoms with Gasteiger partial charge in [-0.3, -0.25) is 9.59 Å². The van der Waals surface area contributed by atoms with Crippen LogP contribution in [0.4, 0.5) is 0 Å². The predicted molar refractivity (Wildman–Crippen MR) is 87.6 cm³/mol. The highest BCUT2D eigenvalue weighted by atomic mass is 16.5. The van der Waals surface area contributed by atoms with Crippen LogP contribution in [0.5, 0.6) is 0 Å². The molecule has 2 atom stereocenters. The van der Waals surface area contributed by atoms with Gasteiger partial charge >= 0.3 is 11.9 Å². The number of carboxylic acid groups (broad SMARTS) is 1. The minimum atomic E-state index is -0.931. The van der Waals surface area contributed by atoms with E-state index >= 15 is 0 Å². The van der Waals surface area contributed by atoms with E-state index in [9.17, 15) is 9.59 Å². The van der Waals surface area contributed by atoms with Crippen LogP contribution in [-0.2, 0) is 14.3 Å². The molecule has 0 aliphatic carbocycles. The molecule has 0 aromatic carbocycles. The van der Waals surface area contributed by atoms with E-state index in [1.165, 1.54) is 12.8 Å². The number of unbranched alkanes of at least 4 members (excludes halogenated alkanes) is 1. The van der Waals surface area contributed by atoms with Crippen molar-refractivity contribution in [3.8, 4) is 0 Å². The minimum Gasteiger partial charge on any atom is -0.481 e. The lowest BCUT2D eigenvalue weighted by Gasteiger charge is -2.28. The highest BCUT2D eigenvalue weighted by molar-refractivity contribution is 5.71. The van der Waals surface area contributed by atoms with E-state index in [0.717, 1.165) is 19.3 Å². The average Bonchev–Trinajstić information content (AvgIpc) is 2.32. The van der Waals surface area contributed by atoms with E-state index in [1.807, 2.05) is 21.1 Å². The van der Waals surface area contributed by atoms with Gasteiger partial charge in [0.1, 0.15) is 6.54 Å². The van der Waals surface area contributed by atoms with Gasteiger partial charge in [-0.1, -0.05) is 39.5 Å². The standard InChI is InChI=1S/C17H33NO4/c1-6-9-14(2)10-7-8-11-17(21)22-15(12-16(19)20)13-18(3,4)5/h14-15H,6-13H2,1-5H3/p+1. The molecule has 0 radical (unpaired) electrons. The first-order valence-electron chi connectivity index (χ1n) is 8.35. The number of hydrogen-bond acceptors (Lipinski definition) is 3. The van der Waals surface area contributed by atoms with Crippen molar-refractivity contribution in [3.05, 3.63) is 0 Å². The molecule has 0 heterocycles. The Labute approximate surface area is 135 Å². The van der Waals surface area contributed by atoms with E-state index in [2.05, 4.69) is 13.8 Å². The molecule has 0 aliphatic rings. The largest absolute Gasteiger partial charge is 0.481 e. The summed E-state index contributed by atoms with van der Waals surface area (Å²) in [6.07, 6.45) is 5.11. The van der Waals surface area contributed by atoms with Crippen LogP contribution in [0.1, 0.15) is 58.8 Å². The van der Waals surface area contributed by atoms with E-state index in [-0.39, 0.29) is 12.4 Å². The topological polar surface area (TPSA) is 63.6 Å². The van der Waals surface area contributed by atoms with Crippen LogP contribution in [0, 0.1) is 5.92 Å². The first-order chi connectivity index (χ1) is 10.1. The summed E-state index contributed by atoms with van der Waals surface area (Å²) in [4.78, 5) is 22.7. The molecule has 0 bridgehead atoms. The van der Waals surface area contributed by atoms with Crippen LogP contribution in [0.2, 0.25) is 0 Å². The zero-order chi connectivity index (χ0) is 17.2. The van der Waals surface area contributed by atoms with Gasteiger partial charge in [-0.05, 0) is 12.3 Å². The maximum Gasteiger partial charge on any atom is 0.307 e. The number of carboxylic acids is 1. The van der Waals surface area contributed by atoms with Crippen molar-refractivity contribution < 1.29 is 23.9 Å². The summed E-state index contributed by atoms with van der Waals surface area (Å²) < 4.78 is 5.93. The monoisotopic (exact) mass is 316 g/mol. The summed E-state index contributed by atoms with van der Waals surface area (Å²) >= 11 is 0. The average molecular weight is 316 g/mol. The molecule has 5 nitrogen and oxygen atoms in total. The van der Waals surface area contributed by atoms with Gasteiger partial charge in [0.15, 0.2) is 6.10 Å². The Balaban J connectivity index is 4.09. The molecule has 5 heteroatoms. The summed E-state index contributed by atoms with van der Waals surface area (Å²) in [5, 5.41) is 8.92. The second-order valence-corrected chi connectivity index (χ2v) is 7.32. The highest BCUT2D eigenvalue weighted by Gasteiger charge is 2.24. The van der Waals surface area contributed by atoms with E-state index in [0.29, 0.717) is 23.4 Å². The molecule has 0 saturated carbocycles. The van der Waals surface area contributed by atoms with Gasteiger partial charge in [0.2, 0.25) is 0 Å². The molecule has 0 rings (SSSR count). The van der Waals surface area contributed by atoms with E-state index in [4.69, 9.17) is 9.84 Å². The molecule has 0 aliphatic heterocycles. The number of esters is 1. The lowest BCUT2D eigenvalue weighted by molar-refractivity contribution is -0.873. The Kier molecular flexibility index (Phi) is 10.1. The Morgan fingerprint density at radius 1 is 1.14 bits per heavy atom. The molecular formula is C17H34NO4+. The van der Waals surface area contributed by atoms with Crippen molar-refractivity contribution in [2.75, 3.05) is 27.7 Å².